The third kappa shape index (κ3) is 6.36. The number of carbonyl (C=O) groups excluding carboxylic acids is 2. The third-order valence-corrected chi connectivity index (χ3v) is 2.79. The fraction of sp³-hybridized carbons (Fsp3) is 0.500. The van der Waals surface area contributed by atoms with Crippen molar-refractivity contribution in [2.45, 2.75) is 39.5 Å². The molecule has 0 N–H and O–H groups in total. The first-order chi connectivity index (χ1) is 9.65. The minimum atomic E-state index is -0.504. The summed E-state index contributed by atoms with van der Waals surface area (Å²) < 4.78 is 10.1. The van der Waals surface area contributed by atoms with Crippen LogP contribution in [0.25, 0.3) is 0 Å². The molecule has 4 heteroatoms. The molecule has 0 aliphatic heterocycles. The summed E-state index contributed by atoms with van der Waals surface area (Å²) in [6.45, 7) is 4.05. The van der Waals surface area contributed by atoms with E-state index in [1.807, 2.05) is 24.3 Å². The average molecular weight is 278 g/mol. The van der Waals surface area contributed by atoms with Gasteiger partial charge in [-0.1, -0.05) is 25.5 Å². The predicted molar refractivity (Wildman–Crippen MR) is 76.8 cm³/mol. The fourth-order valence-electron chi connectivity index (χ4n) is 1.72. The Morgan fingerprint density at radius 3 is 2.40 bits per heavy atom. The molecule has 0 radical (unpaired) electrons. The zero-order chi connectivity index (χ0) is 14.8. The molecule has 0 aliphatic carbocycles. The highest BCUT2D eigenvalue weighted by atomic mass is 16.5. The molecule has 0 saturated carbocycles. The molecule has 0 saturated heterocycles. The Balaban J connectivity index is 2.34. The van der Waals surface area contributed by atoms with E-state index in [-0.39, 0.29) is 25.4 Å². The lowest BCUT2D eigenvalue weighted by Crippen LogP contribution is -2.17. The van der Waals surface area contributed by atoms with Gasteiger partial charge in [0.1, 0.15) is 18.8 Å². The van der Waals surface area contributed by atoms with Gasteiger partial charge in [0.05, 0.1) is 6.61 Å². The molecule has 0 aliphatic rings. The maximum absolute atomic E-state index is 11.5. The van der Waals surface area contributed by atoms with E-state index < -0.39 is 5.97 Å². The monoisotopic (exact) mass is 278 g/mol. The van der Waals surface area contributed by atoms with E-state index in [1.165, 1.54) is 12.0 Å². The average Bonchev–Trinajstić information content (AvgIpc) is 2.44. The highest BCUT2D eigenvalue weighted by molar-refractivity contribution is 5.96. The van der Waals surface area contributed by atoms with Crippen molar-refractivity contribution in [3.05, 3.63) is 29.8 Å². The molecule has 4 nitrogen and oxygen atoms in total. The zero-order valence-corrected chi connectivity index (χ0v) is 12.2. The first-order valence-electron chi connectivity index (χ1n) is 7.04. The van der Waals surface area contributed by atoms with Crippen LogP contribution in [0.1, 0.15) is 38.7 Å². The van der Waals surface area contributed by atoms with Gasteiger partial charge >= 0.3 is 5.97 Å². The van der Waals surface area contributed by atoms with Gasteiger partial charge in [-0.25, -0.2) is 0 Å². The van der Waals surface area contributed by atoms with Crippen LogP contribution in [0.2, 0.25) is 0 Å². The Kier molecular flexibility index (Phi) is 7.40. The number of rotatable bonds is 9. The lowest BCUT2D eigenvalue weighted by molar-refractivity contribution is -0.145. The number of carbonyl (C=O) groups is 2. The number of aryl methyl sites for hydroxylation is 1. The normalized spacial score (nSPS) is 10.1. The van der Waals surface area contributed by atoms with Crippen molar-refractivity contribution in [2.75, 3.05) is 13.2 Å². The van der Waals surface area contributed by atoms with Crippen LogP contribution >= 0.6 is 0 Å². The van der Waals surface area contributed by atoms with Crippen LogP contribution in [-0.4, -0.2) is 25.0 Å². The molecule has 0 heterocycles. The molecule has 0 amide bonds. The van der Waals surface area contributed by atoms with Crippen molar-refractivity contribution in [2.24, 2.45) is 0 Å². The maximum Gasteiger partial charge on any atom is 0.313 e. The largest absolute Gasteiger partial charge is 0.486 e. The molecule has 0 spiro atoms. The van der Waals surface area contributed by atoms with E-state index in [1.54, 1.807) is 6.92 Å². The quantitative estimate of drug-likeness (QED) is 0.515. The van der Waals surface area contributed by atoms with Crippen molar-refractivity contribution in [3.8, 4) is 5.75 Å². The van der Waals surface area contributed by atoms with Gasteiger partial charge in [0.25, 0.3) is 0 Å². The van der Waals surface area contributed by atoms with Crippen LogP contribution in [-0.2, 0) is 20.7 Å². The van der Waals surface area contributed by atoms with Gasteiger partial charge in [0.2, 0.25) is 0 Å². The second kappa shape index (κ2) is 9.13. The molecule has 0 unspecified atom stereocenters. The number of ketones is 1. The maximum atomic E-state index is 11.5. The van der Waals surface area contributed by atoms with Gasteiger partial charge in [-0.15, -0.1) is 0 Å². The van der Waals surface area contributed by atoms with E-state index in [9.17, 15) is 9.59 Å². The van der Waals surface area contributed by atoms with E-state index in [0.717, 1.165) is 12.8 Å². The third-order valence-electron chi connectivity index (χ3n) is 2.79. The van der Waals surface area contributed by atoms with E-state index in [4.69, 9.17) is 9.47 Å². The standard InChI is InChI=1S/C16H22O4/c1-3-5-6-13-7-9-15(10-8-13)20-12-14(17)11-16(18)19-4-2/h7-10H,3-6,11-12H2,1-2H3. The molecule has 0 bridgehead atoms. The summed E-state index contributed by atoms with van der Waals surface area (Å²) in [5.74, 6) is -0.142. The van der Waals surface area contributed by atoms with Gasteiger partial charge in [-0.05, 0) is 37.5 Å². The van der Waals surface area contributed by atoms with Gasteiger partial charge < -0.3 is 9.47 Å². The molecule has 0 fully saturated rings. The van der Waals surface area contributed by atoms with Crippen LogP contribution in [0, 0.1) is 0 Å². The minimum Gasteiger partial charge on any atom is -0.486 e. The summed E-state index contributed by atoms with van der Waals surface area (Å²) in [5, 5.41) is 0. The Morgan fingerprint density at radius 2 is 1.80 bits per heavy atom. The first-order valence-corrected chi connectivity index (χ1v) is 7.04. The SMILES string of the molecule is CCCCc1ccc(OCC(=O)CC(=O)OCC)cc1. The molecule has 0 aromatic heterocycles. The van der Waals surface area contributed by atoms with Gasteiger partial charge in [0, 0.05) is 0 Å². The molecular formula is C16H22O4. The molecular weight excluding hydrogens is 256 g/mol. The van der Waals surface area contributed by atoms with Crippen molar-refractivity contribution in [3.63, 3.8) is 0 Å². The summed E-state index contributed by atoms with van der Waals surface area (Å²) in [7, 11) is 0. The van der Waals surface area contributed by atoms with Gasteiger partial charge in [0.15, 0.2) is 5.78 Å². The lowest BCUT2D eigenvalue weighted by atomic mass is 10.1. The molecule has 0 atom stereocenters. The van der Waals surface area contributed by atoms with Crippen molar-refractivity contribution in [1.29, 1.82) is 0 Å². The van der Waals surface area contributed by atoms with E-state index in [0.29, 0.717) is 5.75 Å². The number of unbranched alkanes of at least 4 members (excludes halogenated alkanes) is 1. The summed E-state index contributed by atoms with van der Waals surface area (Å²) in [6.07, 6.45) is 3.15. The van der Waals surface area contributed by atoms with Crippen LogP contribution in [0.5, 0.6) is 5.75 Å². The second-order valence-corrected chi connectivity index (χ2v) is 4.56. The highest BCUT2D eigenvalue weighted by Crippen LogP contribution is 2.14. The van der Waals surface area contributed by atoms with Gasteiger partial charge in [-0.2, -0.15) is 0 Å². The van der Waals surface area contributed by atoms with Crippen LogP contribution < -0.4 is 4.74 Å². The summed E-state index contributed by atoms with van der Waals surface area (Å²) in [4.78, 5) is 22.6. The predicted octanol–water partition coefficient (Wildman–Crippen LogP) is 2.93. The Morgan fingerprint density at radius 1 is 1.10 bits per heavy atom. The summed E-state index contributed by atoms with van der Waals surface area (Å²) >= 11 is 0. The molecule has 110 valence electrons. The fourth-order valence-corrected chi connectivity index (χ4v) is 1.72. The highest BCUT2D eigenvalue weighted by Gasteiger charge is 2.10. The van der Waals surface area contributed by atoms with Crippen molar-refractivity contribution < 1.29 is 19.1 Å². The second-order valence-electron chi connectivity index (χ2n) is 4.56. The van der Waals surface area contributed by atoms with Crippen molar-refractivity contribution in [1.82, 2.24) is 0 Å². The molecule has 1 aromatic rings. The number of Topliss-reactive ketones (excluding diaryl/α,β-unsaturated/α-hetero) is 1. The van der Waals surface area contributed by atoms with Crippen molar-refractivity contribution >= 4 is 11.8 Å². The number of esters is 1. The summed E-state index contributed by atoms with van der Waals surface area (Å²) in [5.41, 5.74) is 1.26. The minimum absolute atomic E-state index is 0.104. The Hall–Kier alpha value is -1.84. The summed E-state index contributed by atoms with van der Waals surface area (Å²) in [6, 6.07) is 7.70. The van der Waals surface area contributed by atoms with Crippen LogP contribution in [0.15, 0.2) is 24.3 Å². The topological polar surface area (TPSA) is 52.6 Å². The Bertz CT molecular complexity index is 423. The van der Waals surface area contributed by atoms with Crippen LogP contribution in [0.3, 0.4) is 0 Å². The van der Waals surface area contributed by atoms with Crippen LogP contribution in [0.4, 0.5) is 0 Å². The molecule has 1 aromatic carbocycles. The number of hydrogen-bond donors (Lipinski definition) is 0. The van der Waals surface area contributed by atoms with E-state index >= 15 is 0 Å². The first kappa shape index (κ1) is 16.2. The smallest absolute Gasteiger partial charge is 0.313 e. The van der Waals surface area contributed by atoms with E-state index in [2.05, 4.69) is 6.92 Å². The molecule has 1 rings (SSSR count). The van der Waals surface area contributed by atoms with Gasteiger partial charge in [-0.3, -0.25) is 9.59 Å². The number of ether oxygens (including phenoxy) is 2. The Labute approximate surface area is 120 Å². The number of benzene rings is 1. The molecule has 20 heavy (non-hydrogen) atoms. The lowest BCUT2D eigenvalue weighted by Gasteiger charge is -2.06. The number of hydrogen-bond acceptors (Lipinski definition) is 4. The zero-order valence-electron chi connectivity index (χ0n) is 12.2.